The Labute approximate surface area is 216 Å². The second-order valence-electron chi connectivity index (χ2n) is 9.45. The molecule has 2 amide bonds. The van der Waals surface area contributed by atoms with Gasteiger partial charge in [-0.3, -0.25) is 9.59 Å². The van der Waals surface area contributed by atoms with Crippen LogP contribution >= 0.6 is 0 Å². The molecular formula is C30H32F2N2O3. The molecule has 0 saturated carbocycles. The van der Waals surface area contributed by atoms with Crippen molar-refractivity contribution in [3.63, 3.8) is 0 Å². The molecule has 4 rings (SSSR count). The van der Waals surface area contributed by atoms with Crippen LogP contribution in [0.4, 0.5) is 8.78 Å². The Morgan fingerprint density at radius 3 is 2.27 bits per heavy atom. The molecule has 1 heterocycles. The van der Waals surface area contributed by atoms with Crippen LogP contribution < -0.4 is 4.74 Å². The van der Waals surface area contributed by atoms with E-state index in [1.807, 2.05) is 30.3 Å². The number of rotatable bonds is 3. The van der Waals surface area contributed by atoms with Gasteiger partial charge in [0.1, 0.15) is 24.0 Å². The summed E-state index contributed by atoms with van der Waals surface area (Å²) in [6.07, 6.45) is 3.81. The maximum atomic E-state index is 14.0. The highest BCUT2D eigenvalue weighted by molar-refractivity contribution is 5.97. The van der Waals surface area contributed by atoms with E-state index in [4.69, 9.17) is 4.74 Å². The Kier molecular flexibility index (Phi) is 8.88. The minimum absolute atomic E-state index is 0.0334. The molecule has 1 atom stereocenters. The molecule has 0 unspecified atom stereocenters. The lowest BCUT2D eigenvalue weighted by atomic mass is 10.0. The molecule has 0 aromatic heterocycles. The average molecular weight is 507 g/mol. The summed E-state index contributed by atoms with van der Waals surface area (Å²) < 4.78 is 34.2. The Morgan fingerprint density at radius 1 is 0.892 bits per heavy atom. The van der Waals surface area contributed by atoms with Crippen LogP contribution in [0.2, 0.25) is 0 Å². The molecule has 0 N–H and O–H groups in total. The van der Waals surface area contributed by atoms with Crippen LogP contribution in [-0.2, 0) is 6.42 Å². The molecule has 1 aliphatic heterocycles. The van der Waals surface area contributed by atoms with Crippen LogP contribution in [0.25, 0.3) is 0 Å². The number of halogens is 2. The molecule has 0 radical (unpaired) electrons. The van der Waals surface area contributed by atoms with Gasteiger partial charge in [0, 0.05) is 31.8 Å². The maximum Gasteiger partial charge on any atom is 0.257 e. The highest BCUT2D eigenvalue weighted by Crippen LogP contribution is 2.23. The van der Waals surface area contributed by atoms with E-state index in [1.165, 1.54) is 0 Å². The van der Waals surface area contributed by atoms with Crippen LogP contribution in [0.1, 0.15) is 52.0 Å². The minimum Gasteiger partial charge on any atom is -0.491 e. The number of ether oxygens (including phenoxy) is 1. The van der Waals surface area contributed by atoms with Crippen molar-refractivity contribution in [2.24, 2.45) is 0 Å². The van der Waals surface area contributed by atoms with E-state index in [2.05, 4.69) is 0 Å². The number of benzene rings is 3. The third-order valence-corrected chi connectivity index (χ3v) is 6.66. The Hall–Kier alpha value is -3.74. The summed E-state index contributed by atoms with van der Waals surface area (Å²) in [7, 11) is 1.79. The molecule has 0 aliphatic carbocycles. The summed E-state index contributed by atoms with van der Waals surface area (Å²) >= 11 is 0. The standard InChI is InChI=1S/C30H32F2N2O3/c1-33-15-9-2-3-10-16-34(29(35)23-18-24(31)20-25(32)19-23)26(17-22-11-5-4-6-12-22)21-37-28-14-8-7-13-27(28)30(33)36/h4-8,11-14,18-20,26H,2-3,9-10,15-17,21H2,1H3/t26-/m0/s1. The molecule has 0 fully saturated rings. The zero-order chi connectivity index (χ0) is 26.2. The molecule has 0 saturated heterocycles. The van der Waals surface area contributed by atoms with Gasteiger partial charge in [-0.15, -0.1) is 0 Å². The van der Waals surface area contributed by atoms with Crippen molar-refractivity contribution in [2.45, 2.75) is 38.1 Å². The fraction of sp³-hybridized carbons (Fsp3) is 0.333. The summed E-state index contributed by atoms with van der Waals surface area (Å²) in [5.41, 5.74) is 1.43. The van der Waals surface area contributed by atoms with Gasteiger partial charge in [0.05, 0.1) is 11.6 Å². The molecule has 194 valence electrons. The number of para-hydroxylation sites is 1. The van der Waals surface area contributed by atoms with Crippen LogP contribution in [0.3, 0.4) is 0 Å². The van der Waals surface area contributed by atoms with E-state index in [0.717, 1.165) is 49.4 Å². The van der Waals surface area contributed by atoms with Crippen LogP contribution in [0.5, 0.6) is 5.75 Å². The predicted octanol–water partition coefficient (Wildman–Crippen LogP) is 5.74. The van der Waals surface area contributed by atoms with Crippen molar-refractivity contribution in [1.82, 2.24) is 9.80 Å². The largest absolute Gasteiger partial charge is 0.491 e. The van der Waals surface area contributed by atoms with Gasteiger partial charge in [0.2, 0.25) is 0 Å². The number of carbonyl (C=O) groups excluding carboxylic acids is 2. The molecule has 3 aromatic carbocycles. The summed E-state index contributed by atoms with van der Waals surface area (Å²) in [6.45, 7) is 1.16. The molecule has 0 spiro atoms. The van der Waals surface area contributed by atoms with E-state index in [-0.39, 0.29) is 18.1 Å². The zero-order valence-electron chi connectivity index (χ0n) is 21.0. The number of fused-ring (bicyclic) bond motifs is 1. The maximum absolute atomic E-state index is 14.0. The van der Waals surface area contributed by atoms with Gasteiger partial charge in [-0.05, 0) is 49.1 Å². The van der Waals surface area contributed by atoms with Gasteiger partial charge in [-0.25, -0.2) is 8.78 Å². The smallest absolute Gasteiger partial charge is 0.257 e. The van der Waals surface area contributed by atoms with Gasteiger partial charge in [-0.1, -0.05) is 55.3 Å². The van der Waals surface area contributed by atoms with Crippen LogP contribution in [0, 0.1) is 11.6 Å². The zero-order valence-corrected chi connectivity index (χ0v) is 21.0. The van der Waals surface area contributed by atoms with Crippen molar-refractivity contribution in [3.8, 4) is 5.75 Å². The first-order valence-corrected chi connectivity index (χ1v) is 12.7. The van der Waals surface area contributed by atoms with Gasteiger partial charge in [0.25, 0.3) is 11.8 Å². The van der Waals surface area contributed by atoms with Gasteiger partial charge < -0.3 is 14.5 Å². The lowest BCUT2D eigenvalue weighted by Gasteiger charge is -2.33. The van der Waals surface area contributed by atoms with Crippen LogP contribution in [0.15, 0.2) is 72.8 Å². The first kappa shape index (κ1) is 26.3. The fourth-order valence-corrected chi connectivity index (χ4v) is 4.69. The summed E-state index contributed by atoms with van der Waals surface area (Å²) in [6, 6.07) is 19.3. The van der Waals surface area contributed by atoms with Crippen LogP contribution in [-0.4, -0.2) is 54.4 Å². The minimum atomic E-state index is -0.794. The summed E-state index contributed by atoms with van der Waals surface area (Å²) in [5, 5.41) is 0. The molecule has 3 aromatic rings. The number of hydrogen-bond acceptors (Lipinski definition) is 3. The highest BCUT2D eigenvalue weighted by Gasteiger charge is 2.27. The molecule has 1 aliphatic rings. The van der Waals surface area contributed by atoms with E-state index in [9.17, 15) is 18.4 Å². The van der Waals surface area contributed by atoms with Crippen molar-refractivity contribution in [3.05, 3.63) is 101 Å². The lowest BCUT2D eigenvalue weighted by Crippen LogP contribution is -2.46. The van der Waals surface area contributed by atoms with E-state index < -0.39 is 23.6 Å². The SMILES string of the molecule is CN1CCCCCCN(C(=O)c2cc(F)cc(F)c2)[C@@H](Cc2ccccc2)COc2ccccc2C1=O. The van der Waals surface area contributed by atoms with Gasteiger partial charge in [0.15, 0.2) is 0 Å². The number of carbonyl (C=O) groups is 2. The first-order chi connectivity index (χ1) is 17.9. The predicted molar refractivity (Wildman–Crippen MR) is 139 cm³/mol. The number of nitrogens with zero attached hydrogens (tertiary/aromatic N) is 2. The third-order valence-electron chi connectivity index (χ3n) is 6.66. The normalized spacial score (nSPS) is 17.5. The third kappa shape index (κ3) is 6.94. The molecule has 0 bridgehead atoms. The summed E-state index contributed by atoms with van der Waals surface area (Å²) in [4.78, 5) is 30.2. The topological polar surface area (TPSA) is 49.9 Å². The second-order valence-corrected chi connectivity index (χ2v) is 9.45. The molecule has 37 heavy (non-hydrogen) atoms. The Morgan fingerprint density at radius 2 is 1.54 bits per heavy atom. The van der Waals surface area contributed by atoms with Gasteiger partial charge >= 0.3 is 0 Å². The number of hydrogen-bond donors (Lipinski definition) is 0. The molecule has 7 heteroatoms. The highest BCUT2D eigenvalue weighted by atomic mass is 19.1. The molecular weight excluding hydrogens is 474 g/mol. The Balaban J connectivity index is 1.70. The van der Waals surface area contributed by atoms with Crippen molar-refractivity contribution >= 4 is 11.8 Å². The monoisotopic (exact) mass is 506 g/mol. The van der Waals surface area contributed by atoms with E-state index in [0.29, 0.717) is 30.8 Å². The molecule has 5 nitrogen and oxygen atoms in total. The first-order valence-electron chi connectivity index (χ1n) is 12.7. The quantitative estimate of drug-likeness (QED) is 0.455. The van der Waals surface area contributed by atoms with E-state index >= 15 is 0 Å². The fourth-order valence-electron chi connectivity index (χ4n) is 4.69. The van der Waals surface area contributed by atoms with Crippen molar-refractivity contribution in [2.75, 3.05) is 26.7 Å². The van der Waals surface area contributed by atoms with Crippen molar-refractivity contribution < 1.29 is 23.1 Å². The summed E-state index contributed by atoms with van der Waals surface area (Å²) in [5.74, 6) is -1.70. The van der Waals surface area contributed by atoms with E-state index in [1.54, 1.807) is 41.1 Å². The van der Waals surface area contributed by atoms with Gasteiger partial charge in [-0.2, -0.15) is 0 Å². The van der Waals surface area contributed by atoms with Crippen molar-refractivity contribution in [1.29, 1.82) is 0 Å². The lowest BCUT2D eigenvalue weighted by molar-refractivity contribution is 0.0598. The second kappa shape index (κ2) is 12.5. The number of amides is 2. The Bertz CT molecular complexity index is 1200. The average Bonchev–Trinajstić information content (AvgIpc) is 2.89.